The summed E-state index contributed by atoms with van der Waals surface area (Å²) in [5.74, 6) is -0.482. The van der Waals surface area contributed by atoms with E-state index in [0.29, 0.717) is 36.2 Å². The Hall–Kier alpha value is -2.67. The molecule has 2 aromatic carbocycles. The molecule has 0 unspecified atom stereocenters. The molecule has 8 heteroatoms. The molecular weight excluding hydrogens is 455 g/mol. The quantitative estimate of drug-likeness (QED) is 0.536. The average molecular weight is 473 g/mol. The minimum atomic E-state index is -0.631. The fourth-order valence-electron chi connectivity index (χ4n) is 3.52. The molecule has 0 spiro atoms. The Balaban J connectivity index is 1.97. The highest BCUT2D eigenvalue weighted by molar-refractivity contribution is 7.07. The molecule has 5 nitrogen and oxygen atoms in total. The van der Waals surface area contributed by atoms with Crippen molar-refractivity contribution in [3.05, 3.63) is 101 Å². The standard InChI is InChI=1S/C23H18Cl2N2O3S/c1-3-30-22(29)18-13(2)26-23-27(20(18)14-8-5-4-6-9-14)21(28)17(31-23)12-15-10-7-11-16(24)19(15)25/h4-12,20H,3H2,1-2H3/b17-12+/t20-/m0/s1. The number of hydrogen-bond donors (Lipinski definition) is 0. The molecule has 31 heavy (non-hydrogen) atoms. The number of allylic oxidation sites excluding steroid dienone is 1. The van der Waals surface area contributed by atoms with E-state index in [-0.39, 0.29) is 12.2 Å². The van der Waals surface area contributed by atoms with Crippen LogP contribution in [0.4, 0.5) is 0 Å². The third-order valence-electron chi connectivity index (χ3n) is 4.90. The van der Waals surface area contributed by atoms with Gasteiger partial charge in [-0.3, -0.25) is 9.36 Å². The number of hydrogen-bond acceptors (Lipinski definition) is 5. The molecule has 1 aliphatic heterocycles. The maximum Gasteiger partial charge on any atom is 0.338 e. The number of nitrogens with zero attached hydrogens (tertiary/aromatic N) is 2. The highest BCUT2D eigenvalue weighted by Crippen LogP contribution is 2.30. The Morgan fingerprint density at radius 1 is 1.19 bits per heavy atom. The molecule has 0 amide bonds. The van der Waals surface area contributed by atoms with Crippen LogP contribution in [0.2, 0.25) is 10.0 Å². The van der Waals surface area contributed by atoms with Crippen LogP contribution >= 0.6 is 34.5 Å². The predicted molar refractivity (Wildman–Crippen MR) is 123 cm³/mol. The molecular formula is C23H18Cl2N2O3S. The van der Waals surface area contributed by atoms with E-state index in [0.717, 1.165) is 5.56 Å². The second-order valence-electron chi connectivity index (χ2n) is 6.86. The van der Waals surface area contributed by atoms with Crippen LogP contribution in [0.3, 0.4) is 0 Å². The summed E-state index contributed by atoms with van der Waals surface area (Å²) in [4.78, 5) is 31.3. The Morgan fingerprint density at radius 2 is 1.94 bits per heavy atom. The molecule has 158 valence electrons. The van der Waals surface area contributed by atoms with Gasteiger partial charge >= 0.3 is 5.97 Å². The number of benzene rings is 2. The number of rotatable bonds is 4. The maximum atomic E-state index is 13.5. The van der Waals surface area contributed by atoms with Gasteiger partial charge in [0.25, 0.3) is 5.56 Å². The molecule has 0 aliphatic carbocycles. The zero-order valence-electron chi connectivity index (χ0n) is 16.8. The lowest BCUT2D eigenvalue weighted by atomic mass is 9.96. The first kappa shape index (κ1) is 21.6. The minimum Gasteiger partial charge on any atom is -0.463 e. The van der Waals surface area contributed by atoms with Gasteiger partial charge in [0.05, 0.1) is 38.5 Å². The van der Waals surface area contributed by atoms with E-state index in [1.807, 2.05) is 30.3 Å². The third-order valence-corrected chi connectivity index (χ3v) is 6.72. The van der Waals surface area contributed by atoms with Crippen LogP contribution in [0.15, 0.2) is 69.6 Å². The smallest absolute Gasteiger partial charge is 0.338 e. The van der Waals surface area contributed by atoms with Crippen LogP contribution in [-0.4, -0.2) is 17.1 Å². The van der Waals surface area contributed by atoms with Crippen molar-refractivity contribution in [3.63, 3.8) is 0 Å². The number of aromatic nitrogens is 1. The van der Waals surface area contributed by atoms with Crippen molar-refractivity contribution in [3.8, 4) is 0 Å². The van der Waals surface area contributed by atoms with Crippen molar-refractivity contribution in [1.82, 2.24) is 4.57 Å². The van der Waals surface area contributed by atoms with Crippen molar-refractivity contribution in [1.29, 1.82) is 0 Å². The zero-order valence-corrected chi connectivity index (χ0v) is 19.1. The summed E-state index contributed by atoms with van der Waals surface area (Å²) in [6.07, 6.45) is 1.70. The van der Waals surface area contributed by atoms with Gasteiger partial charge < -0.3 is 4.74 Å². The first-order chi connectivity index (χ1) is 14.9. The van der Waals surface area contributed by atoms with Crippen LogP contribution < -0.4 is 14.9 Å². The van der Waals surface area contributed by atoms with E-state index in [4.69, 9.17) is 27.9 Å². The first-order valence-electron chi connectivity index (χ1n) is 9.61. The van der Waals surface area contributed by atoms with E-state index in [1.54, 1.807) is 42.7 Å². The average Bonchev–Trinajstić information content (AvgIpc) is 3.06. The number of ether oxygens (including phenoxy) is 1. The molecule has 0 radical (unpaired) electrons. The van der Waals surface area contributed by atoms with Gasteiger partial charge in [-0.25, -0.2) is 9.79 Å². The Morgan fingerprint density at radius 3 is 2.65 bits per heavy atom. The SMILES string of the molecule is CCOC(=O)C1=C(C)N=c2s/c(=C/c3cccc(Cl)c3Cl)c(=O)n2[C@H]1c1ccccc1. The second kappa shape index (κ2) is 8.83. The minimum absolute atomic E-state index is 0.231. The van der Waals surface area contributed by atoms with Gasteiger partial charge in [-0.2, -0.15) is 0 Å². The van der Waals surface area contributed by atoms with Gasteiger partial charge in [0.2, 0.25) is 0 Å². The van der Waals surface area contributed by atoms with E-state index >= 15 is 0 Å². The molecule has 0 bridgehead atoms. The van der Waals surface area contributed by atoms with Crippen molar-refractivity contribution < 1.29 is 9.53 Å². The molecule has 0 fully saturated rings. The predicted octanol–water partition coefficient (Wildman–Crippen LogP) is 4.11. The first-order valence-corrected chi connectivity index (χ1v) is 11.2. The summed E-state index contributed by atoms with van der Waals surface area (Å²) in [6.45, 7) is 3.73. The highest BCUT2D eigenvalue weighted by atomic mass is 35.5. The number of fused-ring (bicyclic) bond motifs is 1. The molecule has 4 rings (SSSR count). The van der Waals surface area contributed by atoms with Gasteiger partial charge in [0.1, 0.15) is 0 Å². The number of carbonyl (C=O) groups excluding carboxylic acids is 1. The summed E-state index contributed by atoms with van der Waals surface area (Å²) in [5, 5.41) is 0.781. The third kappa shape index (κ3) is 3.99. The van der Waals surface area contributed by atoms with Crippen molar-refractivity contribution >= 4 is 46.6 Å². The van der Waals surface area contributed by atoms with Gasteiger partial charge in [0, 0.05) is 0 Å². The lowest BCUT2D eigenvalue weighted by Crippen LogP contribution is -2.39. The van der Waals surface area contributed by atoms with Crippen molar-refractivity contribution in [2.45, 2.75) is 19.9 Å². The van der Waals surface area contributed by atoms with Gasteiger partial charge in [-0.05, 0) is 37.1 Å². The van der Waals surface area contributed by atoms with Crippen LogP contribution in [0.1, 0.15) is 31.0 Å². The fraction of sp³-hybridized carbons (Fsp3) is 0.174. The summed E-state index contributed by atoms with van der Waals surface area (Å²) < 4.78 is 7.27. The van der Waals surface area contributed by atoms with E-state index in [9.17, 15) is 9.59 Å². The summed E-state index contributed by atoms with van der Waals surface area (Å²) in [5.41, 5.74) is 2.06. The molecule has 2 heterocycles. The second-order valence-corrected chi connectivity index (χ2v) is 8.65. The normalized spacial score (nSPS) is 16.1. The molecule has 0 N–H and O–H groups in total. The van der Waals surface area contributed by atoms with Crippen LogP contribution in [-0.2, 0) is 9.53 Å². The number of carbonyl (C=O) groups is 1. The molecule has 1 atom stereocenters. The molecule has 1 aliphatic rings. The van der Waals surface area contributed by atoms with E-state index in [2.05, 4.69) is 4.99 Å². The summed E-state index contributed by atoms with van der Waals surface area (Å²) in [6, 6.07) is 14.0. The van der Waals surface area contributed by atoms with Crippen LogP contribution in [0.25, 0.3) is 6.08 Å². The summed E-state index contributed by atoms with van der Waals surface area (Å²) in [7, 11) is 0. The van der Waals surface area contributed by atoms with E-state index in [1.165, 1.54) is 11.3 Å². The van der Waals surface area contributed by atoms with Crippen LogP contribution in [0.5, 0.6) is 0 Å². The Kier molecular flexibility index (Phi) is 6.14. The molecule has 0 saturated heterocycles. The fourth-order valence-corrected chi connectivity index (χ4v) is 4.92. The molecule has 0 saturated carbocycles. The van der Waals surface area contributed by atoms with Crippen molar-refractivity contribution in [2.75, 3.05) is 6.61 Å². The monoisotopic (exact) mass is 472 g/mol. The maximum absolute atomic E-state index is 13.5. The van der Waals surface area contributed by atoms with Gasteiger partial charge in [-0.1, -0.05) is 77.0 Å². The Bertz CT molecular complexity index is 1370. The van der Waals surface area contributed by atoms with Crippen molar-refractivity contribution in [2.24, 2.45) is 4.99 Å². The summed E-state index contributed by atoms with van der Waals surface area (Å²) >= 11 is 13.7. The highest BCUT2D eigenvalue weighted by Gasteiger charge is 2.33. The zero-order chi connectivity index (χ0) is 22.1. The lowest BCUT2D eigenvalue weighted by Gasteiger charge is -2.24. The molecule has 1 aromatic heterocycles. The van der Waals surface area contributed by atoms with E-state index < -0.39 is 12.0 Å². The largest absolute Gasteiger partial charge is 0.463 e. The lowest BCUT2D eigenvalue weighted by molar-refractivity contribution is -0.139. The number of thiazole rings is 1. The van der Waals surface area contributed by atoms with Gasteiger partial charge in [-0.15, -0.1) is 0 Å². The van der Waals surface area contributed by atoms with Gasteiger partial charge in [0.15, 0.2) is 4.80 Å². The Labute approximate surface area is 192 Å². The molecule has 3 aromatic rings. The number of esters is 1. The topological polar surface area (TPSA) is 60.7 Å². The van der Waals surface area contributed by atoms with Crippen LogP contribution in [0, 0.1) is 0 Å². The number of halogens is 2.